The smallest absolute Gasteiger partial charge is 0.258 e. The molecule has 29 heavy (non-hydrogen) atoms. The second-order valence-electron chi connectivity index (χ2n) is 6.66. The normalized spacial score (nSPS) is 12.6. The highest BCUT2D eigenvalue weighted by Crippen LogP contribution is 2.32. The molecule has 0 saturated heterocycles. The first-order valence-electron chi connectivity index (χ1n) is 9.35. The first kappa shape index (κ1) is 18.5. The number of para-hydroxylation sites is 3. The van der Waals surface area contributed by atoms with E-state index >= 15 is 0 Å². The Bertz CT molecular complexity index is 1040. The zero-order valence-corrected chi connectivity index (χ0v) is 15.8. The number of anilines is 1. The minimum absolute atomic E-state index is 0.119. The Balaban J connectivity index is 1.40. The second kappa shape index (κ2) is 8.02. The van der Waals surface area contributed by atoms with Gasteiger partial charge in [-0.05, 0) is 30.3 Å². The summed E-state index contributed by atoms with van der Waals surface area (Å²) in [6, 6.07) is 24.0. The van der Waals surface area contributed by atoms with Gasteiger partial charge in [0.15, 0.2) is 5.75 Å². The van der Waals surface area contributed by atoms with Crippen LogP contribution in [0, 0.1) is 0 Å². The minimum atomic E-state index is -0.203. The van der Waals surface area contributed by atoms with E-state index in [0.29, 0.717) is 28.4 Å². The fourth-order valence-corrected chi connectivity index (χ4v) is 3.27. The van der Waals surface area contributed by atoms with E-state index in [1.54, 1.807) is 23.1 Å². The molecule has 1 aliphatic rings. The van der Waals surface area contributed by atoms with E-state index in [2.05, 4.69) is 11.9 Å². The van der Waals surface area contributed by atoms with Crippen molar-refractivity contribution in [3.63, 3.8) is 0 Å². The van der Waals surface area contributed by atoms with Gasteiger partial charge in [-0.15, -0.1) is 0 Å². The molecule has 1 N–H and O–H groups in total. The number of hydrogen-bond donors (Lipinski definition) is 1. The Morgan fingerprint density at radius 3 is 2.31 bits per heavy atom. The van der Waals surface area contributed by atoms with E-state index in [4.69, 9.17) is 4.74 Å². The average Bonchev–Trinajstić information content (AvgIpc) is 2.99. The lowest BCUT2D eigenvalue weighted by Crippen LogP contribution is -2.27. The van der Waals surface area contributed by atoms with Gasteiger partial charge < -0.3 is 15.0 Å². The van der Waals surface area contributed by atoms with Crippen molar-refractivity contribution in [1.82, 2.24) is 4.90 Å². The van der Waals surface area contributed by atoms with Crippen LogP contribution in [0.1, 0.15) is 22.3 Å². The number of fused-ring (bicyclic) bond motifs is 1. The monoisotopic (exact) mass is 384 g/mol. The average molecular weight is 384 g/mol. The maximum atomic E-state index is 12.5. The lowest BCUT2D eigenvalue weighted by molar-refractivity contribution is -0.116. The summed E-state index contributed by atoms with van der Waals surface area (Å²) in [7, 11) is 0. The van der Waals surface area contributed by atoms with Crippen LogP contribution in [0.3, 0.4) is 0 Å². The summed E-state index contributed by atoms with van der Waals surface area (Å²) in [6.07, 6.45) is 0.151. The van der Waals surface area contributed by atoms with Crippen LogP contribution >= 0.6 is 0 Å². The summed E-state index contributed by atoms with van der Waals surface area (Å²) in [5.41, 5.74) is 2.65. The Morgan fingerprint density at radius 2 is 1.55 bits per heavy atom. The number of amides is 2. The largest absolute Gasteiger partial charge is 0.455 e. The van der Waals surface area contributed by atoms with Crippen molar-refractivity contribution >= 4 is 23.2 Å². The van der Waals surface area contributed by atoms with Crippen LogP contribution in [0.15, 0.2) is 85.4 Å². The summed E-state index contributed by atoms with van der Waals surface area (Å²) in [4.78, 5) is 26.6. The van der Waals surface area contributed by atoms with Crippen LogP contribution in [0.25, 0.3) is 5.70 Å². The molecule has 0 aliphatic carbocycles. The van der Waals surface area contributed by atoms with Gasteiger partial charge in [-0.25, -0.2) is 0 Å². The maximum Gasteiger partial charge on any atom is 0.258 e. The molecule has 0 unspecified atom stereocenters. The van der Waals surface area contributed by atoms with Gasteiger partial charge in [-0.1, -0.05) is 55.1 Å². The van der Waals surface area contributed by atoms with Gasteiger partial charge in [0.1, 0.15) is 5.75 Å². The van der Waals surface area contributed by atoms with Gasteiger partial charge in [-0.2, -0.15) is 0 Å². The van der Waals surface area contributed by atoms with Crippen LogP contribution in [0.5, 0.6) is 11.5 Å². The molecule has 0 bridgehead atoms. The number of carbonyl (C=O) groups excluding carboxylic acids is 2. The predicted molar refractivity (Wildman–Crippen MR) is 113 cm³/mol. The summed E-state index contributed by atoms with van der Waals surface area (Å²) in [5, 5.41) is 2.87. The number of nitrogens with zero attached hydrogens (tertiary/aromatic N) is 1. The van der Waals surface area contributed by atoms with Gasteiger partial charge in [0.2, 0.25) is 5.91 Å². The van der Waals surface area contributed by atoms with Crippen molar-refractivity contribution in [2.24, 2.45) is 0 Å². The van der Waals surface area contributed by atoms with Crippen LogP contribution in [0.2, 0.25) is 0 Å². The molecule has 144 valence electrons. The molecule has 4 rings (SSSR count). The molecule has 1 aliphatic heterocycles. The highest BCUT2D eigenvalue weighted by Gasteiger charge is 2.30. The van der Waals surface area contributed by atoms with Gasteiger partial charge in [-0.3, -0.25) is 9.59 Å². The van der Waals surface area contributed by atoms with Crippen molar-refractivity contribution in [2.75, 3.05) is 11.9 Å². The first-order valence-corrected chi connectivity index (χ1v) is 9.35. The minimum Gasteiger partial charge on any atom is -0.455 e. The zero-order valence-electron chi connectivity index (χ0n) is 15.8. The Hall–Kier alpha value is -3.86. The van der Waals surface area contributed by atoms with E-state index in [1.165, 1.54) is 0 Å². The van der Waals surface area contributed by atoms with E-state index in [1.807, 2.05) is 60.7 Å². The molecular weight excluding hydrogens is 364 g/mol. The number of carbonyl (C=O) groups is 2. The number of nitrogens with one attached hydrogen (secondary N) is 1. The number of benzene rings is 3. The molecule has 0 fully saturated rings. The van der Waals surface area contributed by atoms with Crippen molar-refractivity contribution < 1.29 is 14.3 Å². The van der Waals surface area contributed by atoms with Gasteiger partial charge >= 0.3 is 0 Å². The van der Waals surface area contributed by atoms with E-state index in [-0.39, 0.29) is 24.8 Å². The Kier molecular flexibility index (Phi) is 5.12. The molecule has 2 amide bonds. The summed E-state index contributed by atoms with van der Waals surface area (Å²) < 4.78 is 5.87. The maximum absolute atomic E-state index is 12.5. The van der Waals surface area contributed by atoms with E-state index in [9.17, 15) is 9.59 Å². The van der Waals surface area contributed by atoms with E-state index < -0.39 is 0 Å². The third kappa shape index (κ3) is 3.89. The fraction of sp³-hybridized carbons (Fsp3) is 0.0833. The molecule has 0 saturated carbocycles. The SMILES string of the molecule is C=C1c2ccccc2C(=O)N1CCC(=O)Nc1ccccc1Oc1ccccc1. The molecule has 5 heteroatoms. The molecule has 0 atom stereocenters. The topological polar surface area (TPSA) is 58.6 Å². The van der Waals surface area contributed by atoms with Gasteiger partial charge in [0.05, 0.1) is 5.69 Å². The molecule has 1 heterocycles. The molecule has 0 radical (unpaired) electrons. The van der Waals surface area contributed by atoms with Crippen molar-refractivity contribution in [2.45, 2.75) is 6.42 Å². The van der Waals surface area contributed by atoms with Gasteiger partial charge in [0.25, 0.3) is 5.91 Å². The summed E-state index contributed by atoms with van der Waals surface area (Å²) in [5.74, 6) is 0.920. The van der Waals surface area contributed by atoms with Crippen molar-refractivity contribution in [3.8, 4) is 11.5 Å². The van der Waals surface area contributed by atoms with Crippen LogP contribution in [-0.4, -0.2) is 23.3 Å². The molecule has 3 aromatic carbocycles. The third-order valence-corrected chi connectivity index (χ3v) is 4.73. The molecule has 3 aromatic rings. The third-order valence-electron chi connectivity index (χ3n) is 4.73. The van der Waals surface area contributed by atoms with Crippen LogP contribution in [0.4, 0.5) is 5.69 Å². The fourth-order valence-electron chi connectivity index (χ4n) is 3.27. The predicted octanol–water partition coefficient (Wildman–Crippen LogP) is 4.93. The quantitative estimate of drug-likeness (QED) is 0.655. The Labute approximate surface area is 169 Å². The summed E-state index contributed by atoms with van der Waals surface area (Å²) in [6.45, 7) is 4.27. The van der Waals surface area contributed by atoms with Crippen molar-refractivity contribution in [3.05, 3.63) is 96.6 Å². The lowest BCUT2D eigenvalue weighted by atomic mass is 10.1. The molecular formula is C24H20N2O3. The first-order chi connectivity index (χ1) is 14.1. The lowest BCUT2D eigenvalue weighted by Gasteiger charge is -2.17. The molecule has 0 spiro atoms. The van der Waals surface area contributed by atoms with Crippen LogP contribution in [-0.2, 0) is 4.79 Å². The zero-order chi connectivity index (χ0) is 20.2. The second-order valence-corrected chi connectivity index (χ2v) is 6.66. The number of rotatable bonds is 6. The van der Waals surface area contributed by atoms with Gasteiger partial charge in [0, 0.05) is 29.8 Å². The van der Waals surface area contributed by atoms with Crippen molar-refractivity contribution in [1.29, 1.82) is 0 Å². The summed E-state index contributed by atoms with van der Waals surface area (Å²) >= 11 is 0. The highest BCUT2D eigenvalue weighted by molar-refractivity contribution is 6.09. The number of ether oxygens (including phenoxy) is 1. The van der Waals surface area contributed by atoms with Crippen LogP contribution < -0.4 is 10.1 Å². The standard InChI is InChI=1S/C24H20N2O3/c1-17-19-11-5-6-12-20(19)24(28)26(17)16-15-23(27)25-21-13-7-8-14-22(21)29-18-9-3-2-4-10-18/h2-14H,1,15-16H2,(H,25,27). The molecule has 5 nitrogen and oxygen atoms in total. The highest BCUT2D eigenvalue weighted by atomic mass is 16.5. The van der Waals surface area contributed by atoms with E-state index in [0.717, 1.165) is 5.56 Å². The number of hydrogen-bond acceptors (Lipinski definition) is 3. The molecule has 0 aromatic heterocycles. The Morgan fingerprint density at radius 1 is 0.897 bits per heavy atom.